The van der Waals surface area contributed by atoms with E-state index in [9.17, 15) is 9.59 Å². The first-order valence-corrected chi connectivity index (χ1v) is 10.3. The van der Waals surface area contributed by atoms with Gasteiger partial charge in [0.2, 0.25) is 11.8 Å². The lowest BCUT2D eigenvalue weighted by Crippen LogP contribution is -2.26. The zero-order valence-corrected chi connectivity index (χ0v) is 17.1. The van der Waals surface area contributed by atoms with Gasteiger partial charge >= 0.3 is 0 Å². The van der Waals surface area contributed by atoms with E-state index >= 15 is 0 Å². The second-order valence-corrected chi connectivity index (χ2v) is 7.55. The monoisotopic (exact) mass is 406 g/mol. The number of rotatable bonds is 9. The predicted molar refractivity (Wildman–Crippen MR) is 115 cm³/mol. The molecule has 0 atom stereocenters. The number of ether oxygens (including phenoxy) is 1. The number of hydrogen-bond donors (Lipinski definition) is 2. The van der Waals surface area contributed by atoms with Crippen molar-refractivity contribution in [3.8, 4) is 5.75 Å². The van der Waals surface area contributed by atoms with Gasteiger partial charge in [0, 0.05) is 24.6 Å². The second-order valence-electron chi connectivity index (χ2n) is 7.55. The van der Waals surface area contributed by atoms with E-state index in [4.69, 9.17) is 9.72 Å². The van der Waals surface area contributed by atoms with Crippen molar-refractivity contribution in [2.24, 2.45) is 5.92 Å². The second kappa shape index (κ2) is 8.98. The third-order valence-corrected chi connectivity index (χ3v) is 5.23. The van der Waals surface area contributed by atoms with Gasteiger partial charge in [0.05, 0.1) is 18.1 Å². The van der Waals surface area contributed by atoms with Crippen LogP contribution >= 0.6 is 0 Å². The summed E-state index contributed by atoms with van der Waals surface area (Å²) in [4.78, 5) is 29.2. The van der Waals surface area contributed by atoms with Crippen LogP contribution in [0.5, 0.6) is 5.75 Å². The van der Waals surface area contributed by atoms with E-state index in [0.717, 1.165) is 47.6 Å². The average molecular weight is 406 g/mol. The smallest absolute Gasteiger partial charge is 0.244 e. The Hall–Kier alpha value is -3.35. The molecule has 7 nitrogen and oxygen atoms in total. The number of nitrogens with zero attached hydrogens (tertiary/aromatic N) is 2. The van der Waals surface area contributed by atoms with Gasteiger partial charge in [-0.2, -0.15) is 0 Å². The van der Waals surface area contributed by atoms with E-state index in [1.165, 1.54) is 0 Å². The van der Waals surface area contributed by atoms with Crippen LogP contribution in [0.15, 0.2) is 48.5 Å². The number of anilines is 1. The first-order valence-electron chi connectivity index (χ1n) is 10.3. The molecule has 2 amide bonds. The fourth-order valence-corrected chi connectivity index (χ4v) is 3.46. The van der Waals surface area contributed by atoms with Crippen LogP contribution in [0, 0.1) is 5.92 Å². The van der Waals surface area contributed by atoms with Crippen molar-refractivity contribution in [1.82, 2.24) is 14.9 Å². The number of fused-ring (bicyclic) bond motifs is 1. The molecule has 30 heavy (non-hydrogen) atoms. The van der Waals surface area contributed by atoms with Crippen LogP contribution in [0.3, 0.4) is 0 Å². The zero-order valence-electron chi connectivity index (χ0n) is 17.1. The minimum atomic E-state index is -0.119. The minimum Gasteiger partial charge on any atom is -0.497 e. The summed E-state index contributed by atoms with van der Waals surface area (Å²) < 4.78 is 7.11. The van der Waals surface area contributed by atoms with Gasteiger partial charge in [0.25, 0.3) is 0 Å². The number of nitrogens with one attached hydrogen (secondary N) is 2. The van der Waals surface area contributed by atoms with Gasteiger partial charge in [-0.15, -0.1) is 0 Å². The molecule has 1 saturated carbocycles. The summed E-state index contributed by atoms with van der Waals surface area (Å²) in [6.07, 6.45) is 3.48. The molecule has 156 valence electrons. The molecule has 1 aliphatic carbocycles. The highest BCUT2D eigenvalue weighted by Gasteiger charge is 2.29. The summed E-state index contributed by atoms with van der Waals surface area (Å²) in [6, 6.07) is 15.1. The quantitative estimate of drug-likeness (QED) is 0.535. The highest BCUT2D eigenvalue weighted by molar-refractivity contribution is 5.91. The Labute approximate surface area is 175 Å². The van der Waals surface area contributed by atoms with Gasteiger partial charge in [-0.05, 0) is 55.7 Å². The first kappa shape index (κ1) is 19.9. The Morgan fingerprint density at radius 2 is 1.90 bits per heavy atom. The first-order chi connectivity index (χ1) is 14.6. The van der Waals surface area contributed by atoms with Crippen molar-refractivity contribution in [1.29, 1.82) is 0 Å². The molecule has 2 N–H and O–H groups in total. The molecule has 3 aromatic rings. The summed E-state index contributed by atoms with van der Waals surface area (Å²) in [5, 5.41) is 5.91. The van der Waals surface area contributed by atoms with Gasteiger partial charge in [-0.25, -0.2) is 4.98 Å². The van der Waals surface area contributed by atoms with E-state index in [2.05, 4.69) is 10.6 Å². The number of methoxy groups -OCH3 is 1. The molecule has 0 aliphatic heterocycles. The minimum absolute atomic E-state index is 0.119. The Morgan fingerprint density at radius 1 is 1.13 bits per heavy atom. The van der Waals surface area contributed by atoms with Crippen molar-refractivity contribution in [2.75, 3.05) is 19.0 Å². The molecule has 0 spiro atoms. The summed E-state index contributed by atoms with van der Waals surface area (Å²) in [6.45, 7) is 0.799. The van der Waals surface area contributed by atoms with Crippen LogP contribution in [-0.2, 0) is 22.6 Å². The molecule has 1 heterocycles. The number of imidazole rings is 1. The standard InChI is InChI=1S/C23H26N4O3/c1-30-18-12-10-17(11-13-18)25-22(28)15-27-20-6-3-2-5-19(20)26-21(27)7-4-14-24-23(29)16-8-9-16/h2-3,5-6,10-13,16H,4,7-9,14-15H2,1H3,(H,24,29)(H,25,28). The lowest BCUT2D eigenvalue weighted by molar-refractivity contribution is -0.122. The fraction of sp³-hybridized carbons (Fsp3) is 0.348. The van der Waals surface area contributed by atoms with E-state index in [0.29, 0.717) is 13.0 Å². The molecule has 1 aliphatic rings. The Balaban J connectivity index is 1.42. The number of carbonyl (C=O) groups is 2. The molecule has 1 fully saturated rings. The van der Waals surface area contributed by atoms with Gasteiger partial charge in [-0.3, -0.25) is 9.59 Å². The number of amides is 2. The molecule has 1 aromatic heterocycles. The van der Waals surface area contributed by atoms with Crippen molar-refractivity contribution < 1.29 is 14.3 Å². The summed E-state index contributed by atoms with van der Waals surface area (Å²) in [5.74, 6) is 1.84. The van der Waals surface area contributed by atoms with Crippen LogP contribution in [-0.4, -0.2) is 35.0 Å². The van der Waals surface area contributed by atoms with Crippen molar-refractivity contribution in [2.45, 2.75) is 32.2 Å². The largest absolute Gasteiger partial charge is 0.497 e. The maximum absolute atomic E-state index is 12.7. The molecular weight excluding hydrogens is 380 g/mol. The molecule has 0 unspecified atom stereocenters. The van der Waals surface area contributed by atoms with E-state index in [1.807, 2.05) is 53.1 Å². The molecule has 0 saturated heterocycles. The van der Waals surface area contributed by atoms with Gasteiger partial charge in [0.15, 0.2) is 0 Å². The van der Waals surface area contributed by atoms with Crippen LogP contribution in [0.4, 0.5) is 5.69 Å². The van der Waals surface area contributed by atoms with E-state index in [1.54, 1.807) is 7.11 Å². The van der Waals surface area contributed by atoms with Gasteiger partial charge in [0.1, 0.15) is 18.1 Å². The Morgan fingerprint density at radius 3 is 2.63 bits per heavy atom. The lowest BCUT2D eigenvalue weighted by Gasteiger charge is -2.11. The van der Waals surface area contributed by atoms with Crippen LogP contribution in [0.1, 0.15) is 25.1 Å². The number of carbonyl (C=O) groups excluding carboxylic acids is 2. The third kappa shape index (κ3) is 4.79. The highest BCUT2D eigenvalue weighted by Crippen LogP contribution is 2.28. The Kier molecular flexibility index (Phi) is 5.97. The normalized spacial score (nSPS) is 13.2. The topological polar surface area (TPSA) is 85.2 Å². The van der Waals surface area contributed by atoms with Crippen molar-refractivity contribution >= 4 is 28.5 Å². The average Bonchev–Trinajstić information content (AvgIpc) is 3.56. The molecule has 7 heteroatoms. The number of benzene rings is 2. The zero-order chi connectivity index (χ0) is 20.9. The third-order valence-electron chi connectivity index (χ3n) is 5.23. The molecule has 4 rings (SSSR count). The maximum atomic E-state index is 12.7. The van der Waals surface area contributed by atoms with Crippen LogP contribution in [0.25, 0.3) is 11.0 Å². The van der Waals surface area contributed by atoms with Gasteiger partial charge in [-0.1, -0.05) is 12.1 Å². The molecule has 2 aromatic carbocycles. The summed E-state index contributed by atoms with van der Waals surface area (Å²) in [7, 11) is 1.61. The van der Waals surface area contributed by atoms with Crippen LogP contribution in [0.2, 0.25) is 0 Å². The molecular formula is C23H26N4O3. The number of hydrogen-bond acceptors (Lipinski definition) is 4. The SMILES string of the molecule is COc1ccc(NC(=O)Cn2c(CCCNC(=O)C3CC3)nc3ccccc32)cc1. The highest BCUT2D eigenvalue weighted by atomic mass is 16.5. The molecule has 0 radical (unpaired) electrons. The Bertz CT molecular complexity index is 1040. The van der Waals surface area contributed by atoms with E-state index in [-0.39, 0.29) is 24.3 Å². The number of aromatic nitrogens is 2. The lowest BCUT2D eigenvalue weighted by atomic mass is 10.2. The number of para-hydroxylation sites is 2. The molecule has 0 bridgehead atoms. The predicted octanol–water partition coefficient (Wildman–Crippen LogP) is 3.14. The number of aryl methyl sites for hydroxylation is 1. The fourth-order valence-electron chi connectivity index (χ4n) is 3.46. The maximum Gasteiger partial charge on any atom is 0.244 e. The van der Waals surface area contributed by atoms with Gasteiger partial charge < -0.3 is 19.9 Å². The van der Waals surface area contributed by atoms with Crippen molar-refractivity contribution in [3.05, 3.63) is 54.4 Å². The summed E-state index contributed by atoms with van der Waals surface area (Å²) in [5.41, 5.74) is 2.51. The summed E-state index contributed by atoms with van der Waals surface area (Å²) >= 11 is 0. The van der Waals surface area contributed by atoms with E-state index < -0.39 is 0 Å². The van der Waals surface area contributed by atoms with Crippen molar-refractivity contribution in [3.63, 3.8) is 0 Å². The van der Waals surface area contributed by atoms with Crippen LogP contribution < -0.4 is 15.4 Å².